The first-order valence-corrected chi connectivity index (χ1v) is 6.26. The Morgan fingerprint density at radius 3 is 2.75 bits per heavy atom. The van der Waals surface area contributed by atoms with Crippen LogP contribution in [0.4, 0.5) is 0 Å². The van der Waals surface area contributed by atoms with Crippen molar-refractivity contribution in [1.29, 1.82) is 0 Å². The molecule has 1 saturated carbocycles. The molecule has 2 N–H and O–H groups in total. The van der Waals surface area contributed by atoms with Gasteiger partial charge in [-0.15, -0.1) is 0 Å². The highest BCUT2D eigenvalue weighted by atomic mass is 15.0. The van der Waals surface area contributed by atoms with E-state index in [-0.39, 0.29) is 0 Å². The monoisotopic (exact) mass is 218 g/mol. The maximum absolute atomic E-state index is 3.51. The number of nitrogens with one attached hydrogen (secondary N) is 2. The van der Waals surface area contributed by atoms with Crippen LogP contribution in [0.25, 0.3) is 0 Å². The summed E-state index contributed by atoms with van der Waals surface area (Å²) in [5.74, 6) is 0. The molecule has 1 aliphatic rings. The van der Waals surface area contributed by atoms with Crippen LogP contribution in [-0.2, 0) is 6.54 Å². The number of hydrogen-bond acceptors (Lipinski definition) is 2. The fourth-order valence-corrected chi connectivity index (χ4v) is 1.88. The van der Waals surface area contributed by atoms with E-state index in [1.807, 2.05) is 0 Å². The molecule has 0 bridgehead atoms. The van der Waals surface area contributed by atoms with Crippen molar-refractivity contribution in [2.75, 3.05) is 13.1 Å². The van der Waals surface area contributed by atoms with Gasteiger partial charge < -0.3 is 10.6 Å². The van der Waals surface area contributed by atoms with Crippen molar-refractivity contribution in [2.45, 2.75) is 39.3 Å². The summed E-state index contributed by atoms with van der Waals surface area (Å²) in [5, 5.41) is 7.00. The number of benzene rings is 1. The zero-order valence-corrected chi connectivity index (χ0v) is 10.3. The molecule has 2 rings (SSSR count). The van der Waals surface area contributed by atoms with Gasteiger partial charge in [0.15, 0.2) is 0 Å². The molecule has 0 saturated heterocycles. The lowest BCUT2D eigenvalue weighted by Crippen LogP contribution is -2.28. The highest BCUT2D eigenvalue weighted by Gasteiger charge is 2.19. The first kappa shape index (κ1) is 11.6. The molecule has 0 radical (unpaired) electrons. The SMILES string of the molecule is Cc1cccc(CNCCNC2CC2)c1C. The van der Waals surface area contributed by atoms with E-state index in [0.29, 0.717) is 0 Å². The van der Waals surface area contributed by atoms with E-state index in [4.69, 9.17) is 0 Å². The summed E-state index contributed by atoms with van der Waals surface area (Å²) in [6, 6.07) is 7.35. The Hall–Kier alpha value is -0.860. The van der Waals surface area contributed by atoms with Gasteiger partial charge >= 0.3 is 0 Å². The third-order valence-electron chi connectivity index (χ3n) is 3.34. The highest BCUT2D eigenvalue weighted by molar-refractivity contribution is 5.32. The topological polar surface area (TPSA) is 24.1 Å². The maximum Gasteiger partial charge on any atom is 0.0208 e. The minimum Gasteiger partial charge on any atom is -0.313 e. The molecule has 0 atom stereocenters. The molecule has 0 aromatic heterocycles. The van der Waals surface area contributed by atoms with Crippen LogP contribution in [0, 0.1) is 13.8 Å². The second kappa shape index (κ2) is 5.46. The summed E-state index contributed by atoms with van der Waals surface area (Å²) >= 11 is 0. The standard InChI is InChI=1S/C14H22N2/c1-11-4-3-5-13(12(11)2)10-15-8-9-16-14-6-7-14/h3-5,14-16H,6-10H2,1-2H3. The van der Waals surface area contributed by atoms with Gasteiger partial charge in [-0.05, 0) is 43.4 Å². The van der Waals surface area contributed by atoms with Crippen LogP contribution in [0.15, 0.2) is 18.2 Å². The van der Waals surface area contributed by atoms with Crippen LogP contribution in [0.2, 0.25) is 0 Å². The Kier molecular flexibility index (Phi) is 3.97. The minimum absolute atomic E-state index is 0.822. The van der Waals surface area contributed by atoms with Crippen molar-refractivity contribution >= 4 is 0 Å². The fourth-order valence-electron chi connectivity index (χ4n) is 1.88. The van der Waals surface area contributed by atoms with Crippen molar-refractivity contribution in [3.63, 3.8) is 0 Å². The Morgan fingerprint density at radius 1 is 1.19 bits per heavy atom. The van der Waals surface area contributed by atoms with E-state index in [0.717, 1.165) is 25.7 Å². The zero-order valence-electron chi connectivity index (χ0n) is 10.3. The quantitative estimate of drug-likeness (QED) is 0.715. The molecule has 1 fully saturated rings. The van der Waals surface area contributed by atoms with Crippen molar-refractivity contribution in [1.82, 2.24) is 10.6 Å². The van der Waals surface area contributed by atoms with Crippen molar-refractivity contribution in [3.8, 4) is 0 Å². The zero-order chi connectivity index (χ0) is 11.4. The average molecular weight is 218 g/mol. The van der Waals surface area contributed by atoms with Crippen LogP contribution in [0.5, 0.6) is 0 Å². The molecule has 88 valence electrons. The summed E-state index contributed by atoms with van der Waals surface area (Å²) in [7, 11) is 0. The van der Waals surface area contributed by atoms with E-state index in [9.17, 15) is 0 Å². The maximum atomic E-state index is 3.51. The van der Waals surface area contributed by atoms with Crippen molar-refractivity contribution < 1.29 is 0 Å². The first-order chi connectivity index (χ1) is 7.77. The highest BCUT2D eigenvalue weighted by Crippen LogP contribution is 2.17. The predicted molar refractivity (Wildman–Crippen MR) is 68.6 cm³/mol. The van der Waals surface area contributed by atoms with Gasteiger partial charge in [-0.3, -0.25) is 0 Å². The van der Waals surface area contributed by atoms with Crippen LogP contribution in [-0.4, -0.2) is 19.1 Å². The van der Waals surface area contributed by atoms with E-state index in [2.05, 4.69) is 42.7 Å². The van der Waals surface area contributed by atoms with Crippen LogP contribution in [0.3, 0.4) is 0 Å². The second-order valence-electron chi connectivity index (χ2n) is 4.76. The van der Waals surface area contributed by atoms with Gasteiger partial charge in [-0.25, -0.2) is 0 Å². The third kappa shape index (κ3) is 3.32. The molecule has 1 aliphatic carbocycles. The summed E-state index contributed by atoms with van der Waals surface area (Å²) in [6.07, 6.45) is 2.74. The average Bonchev–Trinajstić information content (AvgIpc) is 3.07. The van der Waals surface area contributed by atoms with Gasteiger partial charge in [0.1, 0.15) is 0 Å². The summed E-state index contributed by atoms with van der Waals surface area (Å²) in [6.45, 7) is 7.52. The van der Waals surface area contributed by atoms with Gasteiger partial charge in [0.2, 0.25) is 0 Å². The van der Waals surface area contributed by atoms with Crippen LogP contribution in [0.1, 0.15) is 29.5 Å². The fraction of sp³-hybridized carbons (Fsp3) is 0.571. The Morgan fingerprint density at radius 2 is 2.00 bits per heavy atom. The molecule has 0 spiro atoms. The Bertz CT molecular complexity index is 343. The molecule has 0 aliphatic heterocycles. The molecule has 2 heteroatoms. The molecule has 0 unspecified atom stereocenters. The molecule has 16 heavy (non-hydrogen) atoms. The van der Waals surface area contributed by atoms with Gasteiger partial charge in [-0.2, -0.15) is 0 Å². The van der Waals surface area contributed by atoms with Gasteiger partial charge in [0, 0.05) is 25.7 Å². The molecular weight excluding hydrogens is 196 g/mol. The van der Waals surface area contributed by atoms with Gasteiger partial charge in [-0.1, -0.05) is 18.2 Å². The van der Waals surface area contributed by atoms with E-state index >= 15 is 0 Å². The normalized spacial score (nSPS) is 15.4. The number of aryl methyl sites for hydroxylation is 1. The van der Waals surface area contributed by atoms with E-state index < -0.39 is 0 Å². The van der Waals surface area contributed by atoms with E-state index in [1.54, 1.807) is 0 Å². The van der Waals surface area contributed by atoms with Crippen LogP contribution >= 0.6 is 0 Å². The molecule has 0 amide bonds. The van der Waals surface area contributed by atoms with Gasteiger partial charge in [0.25, 0.3) is 0 Å². The minimum atomic E-state index is 0.822. The van der Waals surface area contributed by atoms with Gasteiger partial charge in [0.05, 0.1) is 0 Å². The lowest BCUT2D eigenvalue weighted by atomic mass is 10.0. The van der Waals surface area contributed by atoms with Crippen molar-refractivity contribution in [3.05, 3.63) is 34.9 Å². The summed E-state index contributed by atoms with van der Waals surface area (Å²) in [5.41, 5.74) is 4.23. The number of hydrogen-bond donors (Lipinski definition) is 2. The Labute approximate surface area is 98.4 Å². The molecule has 2 nitrogen and oxygen atoms in total. The smallest absolute Gasteiger partial charge is 0.0208 e. The third-order valence-corrected chi connectivity index (χ3v) is 3.34. The molecular formula is C14H22N2. The van der Waals surface area contributed by atoms with Crippen molar-refractivity contribution in [2.24, 2.45) is 0 Å². The molecule has 0 heterocycles. The molecule has 1 aromatic rings. The number of rotatable bonds is 6. The first-order valence-electron chi connectivity index (χ1n) is 6.26. The Balaban J connectivity index is 1.69. The molecule has 1 aromatic carbocycles. The second-order valence-corrected chi connectivity index (χ2v) is 4.76. The van der Waals surface area contributed by atoms with Crippen LogP contribution < -0.4 is 10.6 Å². The summed E-state index contributed by atoms with van der Waals surface area (Å²) < 4.78 is 0. The summed E-state index contributed by atoms with van der Waals surface area (Å²) in [4.78, 5) is 0. The lowest BCUT2D eigenvalue weighted by Gasteiger charge is -2.10. The predicted octanol–water partition coefficient (Wildman–Crippen LogP) is 2.15. The lowest BCUT2D eigenvalue weighted by molar-refractivity contribution is 0.607. The van der Waals surface area contributed by atoms with E-state index in [1.165, 1.54) is 29.5 Å². The largest absolute Gasteiger partial charge is 0.313 e.